The number of halogens is 2. The molecule has 13 heavy (non-hydrogen) atoms. The van der Waals surface area contributed by atoms with Crippen LogP contribution in [0.2, 0.25) is 10.3 Å². The van der Waals surface area contributed by atoms with Gasteiger partial charge in [0, 0.05) is 6.42 Å². The summed E-state index contributed by atoms with van der Waals surface area (Å²) >= 11 is 11.4. The minimum atomic E-state index is -0.823. The molecule has 0 aliphatic rings. The van der Waals surface area contributed by atoms with E-state index in [9.17, 15) is 5.11 Å². The van der Waals surface area contributed by atoms with Gasteiger partial charge in [-0.05, 0) is 25.5 Å². The molecule has 0 fully saturated rings. The van der Waals surface area contributed by atoms with E-state index in [1.165, 1.54) is 0 Å². The van der Waals surface area contributed by atoms with Gasteiger partial charge in [-0.15, -0.1) is 10.2 Å². The molecule has 0 saturated heterocycles. The van der Waals surface area contributed by atoms with Gasteiger partial charge in [-0.25, -0.2) is 0 Å². The molecule has 0 atom stereocenters. The number of rotatable bonds is 2. The molecule has 0 saturated carbocycles. The molecule has 0 unspecified atom stereocenters. The standard InChI is InChI=1S/C8H10Cl2N2O/c1-8(2,13)4-5-3-6(9)11-12-7(5)10/h3,13H,4H2,1-2H3. The lowest BCUT2D eigenvalue weighted by atomic mass is 10.0. The van der Waals surface area contributed by atoms with Crippen molar-refractivity contribution in [3.05, 3.63) is 21.9 Å². The lowest BCUT2D eigenvalue weighted by Crippen LogP contribution is -2.22. The predicted molar refractivity (Wildman–Crippen MR) is 52.1 cm³/mol. The minimum Gasteiger partial charge on any atom is -0.390 e. The molecular weight excluding hydrogens is 211 g/mol. The second-order valence-electron chi connectivity index (χ2n) is 3.47. The summed E-state index contributed by atoms with van der Waals surface area (Å²) in [7, 11) is 0. The maximum Gasteiger partial charge on any atom is 0.155 e. The number of hydrogen-bond donors (Lipinski definition) is 1. The van der Waals surface area contributed by atoms with Crippen molar-refractivity contribution in [2.45, 2.75) is 25.9 Å². The van der Waals surface area contributed by atoms with Gasteiger partial charge in [0.15, 0.2) is 10.3 Å². The van der Waals surface area contributed by atoms with Gasteiger partial charge in [-0.3, -0.25) is 0 Å². The fraction of sp³-hybridized carbons (Fsp3) is 0.500. The van der Waals surface area contributed by atoms with E-state index in [1.54, 1.807) is 19.9 Å². The lowest BCUT2D eigenvalue weighted by Gasteiger charge is -2.17. The molecule has 1 heterocycles. The van der Waals surface area contributed by atoms with Crippen LogP contribution in [-0.2, 0) is 6.42 Å². The fourth-order valence-electron chi connectivity index (χ4n) is 0.978. The van der Waals surface area contributed by atoms with E-state index >= 15 is 0 Å². The highest BCUT2D eigenvalue weighted by molar-refractivity contribution is 6.31. The molecule has 0 radical (unpaired) electrons. The van der Waals surface area contributed by atoms with E-state index < -0.39 is 5.60 Å². The first kappa shape index (κ1) is 10.7. The zero-order valence-electron chi connectivity index (χ0n) is 7.38. The van der Waals surface area contributed by atoms with E-state index in [-0.39, 0.29) is 10.3 Å². The van der Waals surface area contributed by atoms with Crippen LogP contribution in [0, 0.1) is 0 Å². The third-order valence-electron chi connectivity index (χ3n) is 1.41. The van der Waals surface area contributed by atoms with E-state index in [0.29, 0.717) is 12.0 Å². The van der Waals surface area contributed by atoms with Gasteiger partial charge >= 0.3 is 0 Å². The van der Waals surface area contributed by atoms with Crippen molar-refractivity contribution >= 4 is 23.2 Å². The summed E-state index contributed by atoms with van der Waals surface area (Å²) in [5.74, 6) is 0. The Morgan fingerprint density at radius 3 is 2.54 bits per heavy atom. The average molecular weight is 221 g/mol. The zero-order valence-corrected chi connectivity index (χ0v) is 8.89. The highest BCUT2D eigenvalue weighted by atomic mass is 35.5. The number of aliphatic hydroxyl groups is 1. The first-order valence-corrected chi connectivity index (χ1v) is 4.54. The van der Waals surface area contributed by atoms with Crippen LogP contribution in [0.1, 0.15) is 19.4 Å². The molecule has 1 rings (SSSR count). The molecule has 0 bridgehead atoms. The van der Waals surface area contributed by atoms with Crippen LogP contribution < -0.4 is 0 Å². The first-order chi connectivity index (χ1) is 5.88. The highest BCUT2D eigenvalue weighted by Gasteiger charge is 2.16. The third kappa shape index (κ3) is 3.46. The highest BCUT2D eigenvalue weighted by Crippen LogP contribution is 2.20. The molecular formula is C8H10Cl2N2O. The van der Waals surface area contributed by atoms with Crippen LogP contribution >= 0.6 is 23.2 Å². The van der Waals surface area contributed by atoms with Crippen LogP contribution in [0.15, 0.2) is 6.07 Å². The van der Waals surface area contributed by atoms with Gasteiger partial charge in [0.25, 0.3) is 0 Å². The summed E-state index contributed by atoms with van der Waals surface area (Å²) in [6.45, 7) is 3.38. The van der Waals surface area contributed by atoms with Crippen LogP contribution in [0.5, 0.6) is 0 Å². The predicted octanol–water partition coefficient (Wildman–Crippen LogP) is 2.10. The van der Waals surface area contributed by atoms with Crippen molar-refractivity contribution in [3.8, 4) is 0 Å². The molecule has 1 aromatic heterocycles. The van der Waals surface area contributed by atoms with Crippen molar-refractivity contribution in [3.63, 3.8) is 0 Å². The van der Waals surface area contributed by atoms with Crippen LogP contribution in [-0.4, -0.2) is 20.9 Å². The quantitative estimate of drug-likeness (QED) is 0.831. The monoisotopic (exact) mass is 220 g/mol. The van der Waals surface area contributed by atoms with Crippen molar-refractivity contribution in [1.82, 2.24) is 10.2 Å². The van der Waals surface area contributed by atoms with E-state index in [2.05, 4.69) is 10.2 Å². The molecule has 0 amide bonds. The van der Waals surface area contributed by atoms with Crippen molar-refractivity contribution in [1.29, 1.82) is 0 Å². The summed E-state index contributed by atoms with van der Waals surface area (Å²) in [5.41, 5.74) is -0.120. The van der Waals surface area contributed by atoms with Gasteiger partial charge in [0.05, 0.1) is 5.60 Å². The molecule has 0 aliphatic carbocycles. The molecule has 3 nitrogen and oxygen atoms in total. The molecule has 1 N–H and O–H groups in total. The largest absolute Gasteiger partial charge is 0.390 e. The third-order valence-corrected chi connectivity index (χ3v) is 1.92. The molecule has 0 aliphatic heterocycles. The number of hydrogen-bond acceptors (Lipinski definition) is 3. The number of aromatic nitrogens is 2. The minimum absolute atomic E-state index is 0.281. The van der Waals surface area contributed by atoms with Crippen molar-refractivity contribution < 1.29 is 5.11 Å². The number of nitrogens with zero attached hydrogens (tertiary/aromatic N) is 2. The van der Waals surface area contributed by atoms with Gasteiger partial charge in [-0.2, -0.15) is 0 Å². The SMILES string of the molecule is CC(C)(O)Cc1cc(Cl)nnc1Cl. The fourth-order valence-corrected chi connectivity index (χ4v) is 1.31. The Morgan fingerprint density at radius 1 is 1.38 bits per heavy atom. The summed E-state index contributed by atoms with van der Waals surface area (Å²) in [4.78, 5) is 0. The summed E-state index contributed by atoms with van der Waals surface area (Å²) in [5, 5.41) is 17.3. The van der Waals surface area contributed by atoms with Crippen molar-refractivity contribution in [2.24, 2.45) is 0 Å². The van der Waals surface area contributed by atoms with Gasteiger partial charge in [0.2, 0.25) is 0 Å². The van der Waals surface area contributed by atoms with Gasteiger partial charge < -0.3 is 5.11 Å². The smallest absolute Gasteiger partial charge is 0.155 e. The van der Waals surface area contributed by atoms with Crippen LogP contribution in [0.4, 0.5) is 0 Å². The van der Waals surface area contributed by atoms with Gasteiger partial charge in [-0.1, -0.05) is 23.2 Å². The van der Waals surface area contributed by atoms with Crippen LogP contribution in [0.3, 0.4) is 0 Å². The second kappa shape index (κ2) is 3.78. The molecule has 5 heteroatoms. The average Bonchev–Trinajstić information content (AvgIpc) is 1.94. The maximum absolute atomic E-state index is 9.54. The molecule has 1 aromatic rings. The topological polar surface area (TPSA) is 46.0 Å². The maximum atomic E-state index is 9.54. The van der Waals surface area contributed by atoms with Crippen LogP contribution in [0.25, 0.3) is 0 Å². The normalized spacial score (nSPS) is 11.8. The Hall–Kier alpha value is -0.380. The van der Waals surface area contributed by atoms with Gasteiger partial charge in [0.1, 0.15) is 0 Å². The van der Waals surface area contributed by atoms with E-state index in [0.717, 1.165) is 0 Å². The molecule has 0 aromatic carbocycles. The van der Waals surface area contributed by atoms with E-state index in [1.807, 2.05) is 0 Å². The lowest BCUT2D eigenvalue weighted by molar-refractivity contribution is 0.0809. The Labute approximate surface area is 86.7 Å². The summed E-state index contributed by atoms with van der Waals surface area (Å²) in [6.07, 6.45) is 0.404. The Balaban J connectivity index is 2.94. The Kier molecular flexibility index (Phi) is 3.11. The molecule has 72 valence electrons. The van der Waals surface area contributed by atoms with Crippen molar-refractivity contribution in [2.75, 3.05) is 0 Å². The zero-order chi connectivity index (χ0) is 10.1. The molecule has 0 spiro atoms. The second-order valence-corrected chi connectivity index (χ2v) is 4.22. The summed E-state index contributed by atoms with van der Waals surface area (Å²) in [6, 6.07) is 1.61. The first-order valence-electron chi connectivity index (χ1n) is 3.78. The Bertz CT molecular complexity index is 310. The van der Waals surface area contributed by atoms with E-state index in [4.69, 9.17) is 23.2 Å². The Morgan fingerprint density at radius 2 is 2.00 bits per heavy atom. The summed E-state index contributed by atoms with van der Waals surface area (Å²) < 4.78 is 0.